The molecule has 0 fully saturated rings. The standard InChI is InChI=1S/C22H30O2/c1-3-5-9-17-11-7-13-19(21(17)23)15-16-20-14-8-12-18(22(20)24)10-6-4-2/h7-8,11-14,23-24H,3-6,9-10,15-16H2,1-2H3. The molecule has 0 atom stereocenters. The summed E-state index contributed by atoms with van der Waals surface area (Å²) >= 11 is 0. The molecule has 2 nitrogen and oxygen atoms in total. The zero-order valence-electron chi connectivity index (χ0n) is 15.0. The molecule has 0 aromatic heterocycles. The Morgan fingerprint density at radius 1 is 0.583 bits per heavy atom. The van der Waals surface area contributed by atoms with Gasteiger partial charge in [0.15, 0.2) is 0 Å². The fourth-order valence-corrected chi connectivity index (χ4v) is 3.10. The van der Waals surface area contributed by atoms with Gasteiger partial charge in [0.1, 0.15) is 11.5 Å². The zero-order valence-corrected chi connectivity index (χ0v) is 15.0. The summed E-state index contributed by atoms with van der Waals surface area (Å²) in [5.74, 6) is 0.875. The Labute approximate surface area is 146 Å². The number of rotatable bonds is 9. The highest BCUT2D eigenvalue weighted by Gasteiger charge is 2.10. The maximum Gasteiger partial charge on any atom is 0.121 e. The van der Waals surface area contributed by atoms with Crippen molar-refractivity contribution in [1.29, 1.82) is 0 Å². The second-order valence-electron chi connectivity index (χ2n) is 6.56. The molecule has 0 aliphatic heterocycles. The van der Waals surface area contributed by atoms with E-state index in [-0.39, 0.29) is 0 Å². The summed E-state index contributed by atoms with van der Waals surface area (Å²) in [6.45, 7) is 4.32. The lowest BCUT2D eigenvalue weighted by Gasteiger charge is -2.12. The van der Waals surface area contributed by atoms with Crippen molar-refractivity contribution in [2.45, 2.75) is 65.2 Å². The quantitative estimate of drug-likeness (QED) is 0.632. The Balaban J connectivity index is 2.08. The monoisotopic (exact) mass is 326 g/mol. The first-order chi connectivity index (χ1) is 11.7. The van der Waals surface area contributed by atoms with Gasteiger partial charge in [-0.25, -0.2) is 0 Å². The molecule has 2 aromatic rings. The zero-order chi connectivity index (χ0) is 17.4. The molecule has 0 aliphatic carbocycles. The molecule has 0 saturated carbocycles. The van der Waals surface area contributed by atoms with Crippen LogP contribution in [0.4, 0.5) is 0 Å². The lowest BCUT2D eigenvalue weighted by atomic mass is 9.96. The van der Waals surface area contributed by atoms with Crippen molar-refractivity contribution in [3.63, 3.8) is 0 Å². The largest absolute Gasteiger partial charge is 0.507 e. The summed E-state index contributed by atoms with van der Waals surface area (Å²) in [4.78, 5) is 0. The molecule has 0 spiro atoms. The first-order valence-corrected chi connectivity index (χ1v) is 9.26. The van der Waals surface area contributed by atoms with Crippen LogP contribution in [0.1, 0.15) is 61.8 Å². The van der Waals surface area contributed by atoms with Crippen LogP contribution in [0.3, 0.4) is 0 Å². The molecule has 2 heteroatoms. The maximum absolute atomic E-state index is 10.5. The smallest absolute Gasteiger partial charge is 0.121 e. The van der Waals surface area contributed by atoms with Crippen molar-refractivity contribution in [2.24, 2.45) is 0 Å². The van der Waals surface area contributed by atoms with Crippen LogP contribution in [0.2, 0.25) is 0 Å². The van der Waals surface area contributed by atoms with E-state index in [1.54, 1.807) is 0 Å². The van der Waals surface area contributed by atoms with E-state index >= 15 is 0 Å². The number of unbranched alkanes of at least 4 members (excludes halogenated alkanes) is 2. The molecule has 2 rings (SSSR count). The lowest BCUT2D eigenvalue weighted by Crippen LogP contribution is -1.97. The van der Waals surface area contributed by atoms with Crippen molar-refractivity contribution in [3.05, 3.63) is 58.7 Å². The number of para-hydroxylation sites is 2. The molecule has 0 amide bonds. The van der Waals surface area contributed by atoms with E-state index in [9.17, 15) is 10.2 Å². The molecule has 24 heavy (non-hydrogen) atoms. The SMILES string of the molecule is CCCCc1cccc(CCc2cccc(CCCC)c2O)c1O. The average molecular weight is 326 g/mol. The second kappa shape index (κ2) is 9.36. The maximum atomic E-state index is 10.5. The lowest BCUT2D eigenvalue weighted by molar-refractivity contribution is 0.454. The minimum Gasteiger partial charge on any atom is -0.507 e. The van der Waals surface area contributed by atoms with E-state index in [1.807, 2.05) is 36.4 Å². The van der Waals surface area contributed by atoms with Gasteiger partial charge in [0.05, 0.1) is 0 Å². The minimum atomic E-state index is 0.438. The second-order valence-corrected chi connectivity index (χ2v) is 6.56. The van der Waals surface area contributed by atoms with Crippen molar-refractivity contribution in [1.82, 2.24) is 0 Å². The highest BCUT2D eigenvalue weighted by molar-refractivity contribution is 5.43. The van der Waals surface area contributed by atoms with Gasteiger partial charge in [-0.2, -0.15) is 0 Å². The molecule has 0 aliphatic rings. The molecule has 0 radical (unpaired) electrons. The predicted octanol–water partition coefficient (Wildman–Crippen LogP) is 5.57. The Hall–Kier alpha value is -1.96. The van der Waals surface area contributed by atoms with E-state index in [2.05, 4.69) is 13.8 Å². The summed E-state index contributed by atoms with van der Waals surface area (Å²) < 4.78 is 0. The molecule has 0 heterocycles. The van der Waals surface area contributed by atoms with Gasteiger partial charge in [-0.1, -0.05) is 63.1 Å². The van der Waals surface area contributed by atoms with Gasteiger partial charge >= 0.3 is 0 Å². The number of hydrogen-bond donors (Lipinski definition) is 2. The van der Waals surface area contributed by atoms with Crippen LogP contribution in [-0.4, -0.2) is 10.2 Å². The predicted molar refractivity (Wildman–Crippen MR) is 101 cm³/mol. The number of aromatic hydroxyl groups is 2. The minimum absolute atomic E-state index is 0.438. The molecule has 0 saturated heterocycles. The van der Waals surface area contributed by atoms with Crippen molar-refractivity contribution in [3.8, 4) is 11.5 Å². The highest BCUT2D eigenvalue weighted by Crippen LogP contribution is 2.29. The Bertz CT molecular complexity index is 589. The van der Waals surface area contributed by atoms with Crippen LogP contribution < -0.4 is 0 Å². The highest BCUT2D eigenvalue weighted by atomic mass is 16.3. The molecule has 0 unspecified atom stereocenters. The van der Waals surface area contributed by atoms with Crippen LogP contribution in [0.15, 0.2) is 36.4 Å². The molecule has 2 aromatic carbocycles. The summed E-state index contributed by atoms with van der Waals surface area (Å²) in [6, 6.07) is 12.1. The van der Waals surface area contributed by atoms with Gasteiger partial charge in [-0.05, 0) is 60.8 Å². The first-order valence-electron chi connectivity index (χ1n) is 9.26. The summed E-state index contributed by atoms with van der Waals surface area (Å²) in [6.07, 6.45) is 7.79. The third-order valence-electron chi connectivity index (χ3n) is 4.67. The van der Waals surface area contributed by atoms with Gasteiger partial charge < -0.3 is 10.2 Å². The fourth-order valence-electron chi connectivity index (χ4n) is 3.10. The molecular weight excluding hydrogens is 296 g/mol. The Morgan fingerprint density at radius 2 is 0.917 bits per heavy atom. The Kier molecular flexibility index (Phi) is 7.17. The fraction of sp³-hybridized carbons (Fsp3) is 0.455. The van der Waals surface area contributed by atoms with E-state index in [1.165, 1.54) is 0 Å². The van der Waals surface area contributed by atoms with Crippen LogP contribution in [0.5, 0.6) is 11.5 Å². The van der Waals surface area contributed by atoms with Crippen molar-refractivity contribution >= 4 is 0 Å². The Morgan fingerprint density at radius 3 is 1.25 bits per heavy atom. The molecule has 2 N–H and O–H groups in total. The van der Waals surface area contributed by atoms with Gasteiger partial charge in [0.2, 0.25) is 0 Å². The van der Waals surface area contributed by atoms with Crippen LogP contribution in [0.25, 0.3) is 0 Å². The van der Waals surface area contributed by atoms with Gasteiger partial charge in [-0.15, -0.1) is 0 Å². The number of hydrogen-bond acceptors (Lipinski definition) is 2. The number of phenolic OH excluding ortho intramolecular Hbond substituents is 2. The third-order valence-corrected chi connectivity index (χ3v) is 4.67. The topological polar surface area (TPSA) is 40.5 Å². The molecule has 0 bridgehead atoms. The molecular formula is C22H30O2. The van der Waals surface area contributed by atoms with Crippen LogP contribution >= 0.6 is 0 Å². The van der Waals surface area contributed by atoms with Gasteiger partial charge in [-0.3, -0.25) is 0 Å². The third kappa shape index (κ3) is 4.77. The van der Waals surface area contributed by atoms with E-state index in [0.717, 1.165) is 73.6 Å². The summed E-state index contributed by atoms with van der Waals surface area (Å²) in [7, 11) is 0. The van der Waals surface area contributed by atoms with Crippen LogP contribution in [0, 0.1) is 0 Å². The van der Waals surface area contributed by atoms with Crippen molar-refractivity contribution < 1.29 is 10.2 Å². The molecule has 130 valence electrons. The van der Waals surface area contributed by atoms with Gasteiger partial charge in [0, 0.05) is 0 Å². The van der Waals surface area contributed by atoms with Gasteiger partial charge in [0.25, 0.3) is 0 Å². The summed E-state index contributed by atoms with van der Waals surface area (Å²) in [5, 5.41) is 20.9. The van der Waals surface area contributed by atoms with Crippen molar-refractivity contribution in [2.75, 3.05) is 0 Å². The van der Waals surface area contributed by atoms with E-state index < -0.39 is 0 Å². The van der Waals surface area contributed by atoms with E-state index in [0.29, 0.717) is 11.5 Å². The summed E-state index contributed by atoms with van der Waals surface area (Å²) in [5.41, 5.74) is 4.02. The van der Waals surface area contributed by atoms with Crippen LogP contribution in [-0.2, 0) is 25.7 Å². The van der Waals surface area contributed by atoms with E-state index in [4.69, 9.17) is 0 Å². The normalized spacial score (nSPS) is 10.9. The number of benzene rings is 2. The number of aryl methyl sites for hydroxylation is 4. The number of phenols is 2. The first kappa shape index (κ1) is 18.4. The average Bonchev–Trinajstić information content (AvgIpc) is 2.60.